The number of hydrogen-bond acceptors (Lipinski definition) is 4. The average Bonchev–Trinajstić information content (AvgIpc) is 3.71. The minimum Gasteiger partial charge on any atom is -0.501 e. The molecule has 0 N–H and O–H groups in total. The molecule has 0 fully saturated rings. The summed E-state index contributed by atoms with van der Waals surface area (Å²) in [7, 11) is 0. The SMILES string of the molecule is Cc1nccc2nc(-c3[c-]ccc4c3oc3ccccc34)n(-c3c(C(C)C)cccc3C(C)C)c12.[2H]C([2H])([2H])c1ccc(-c2[c-]cccc2)nc1.[Ir]. The predicted octanol–water partition coefficient (Wildman–Crippen LogP) is 11.2. The summed E-state index contributed by atoms with van der Waals surface area (Å²) in [6.45, 7) is 8.96. The Labute approximate surface area is 305 Å². The zero-order valence-corrected chi connectivity index (χ0v) is 30.5. The molecule has 49 heavy (non-hydrogen) atoms. The summed E-state index contributed by atoms with van der Waals surface area (Å²) in [5.74, 6) is 1.52. The number of para-hydroxylation sites is 2. The van der Waals surface area contributed by atoms with E-state index in [-0.39, 0.29) is 25.7 Å². The first kappa shape index (κ1) is 30.2. The summed E-state index contributed by atoms with van der Waals surface area (Å²) >= 11 is 0. The van der Waals surface area contributed by atoms with Gasteiger partial charge < -0.3 is 14.0 Å². The molecule has 0 amide bonds. The number of nitrogens with zero attached hydrogens (tertiary/aromatic N) is 4. The molecule has 0 aliphatic carbocycles. The summed E-state index contributed by atoms with van der Waals surface area (Å²) in [5.41, 5.74) is 11.1. The van der Waals surface area contributed by atoms with Crippen molar-refractivity contribution in [1.82, 2.24) is 19.5 Å². The molecule has 0 unspecified atom stereocenters. The van der Waals surface area contributed by atoms with Crippen molar-refractivity contribution in [2.75, 3.05) is 0 Å². The van der Waals surface area contributed by atoms with Gasteiger partial charge in [0.2, 0.25) is 0 Å². The predicted molar refractivity (Wildman–Crippen MR) is 197 cm³/mol. The molecule has 0 atom stereocenters. The molecule has 4 aromatic carbocycles. The maximum Gasteiger partial charge on any atom is 0.120 e. The van der Waals surface area contributed by atoms with Crippen LogP contribution >= 0.6 is 0 Å². The van der Waals surface area contributed by atoms with Crippen molar-refractivity contribution in [3.8, 4) is 28.3 Å². The maximum absolute atomic E-state index is 7.23. The molecule has 0 aliphatic rings. The zero-order valence-electron chi connectivity index (χ0n) is 31.1. The molecule has 8 rings (SSSR count). The third-order valence-corrected chi connectivity index (χ3v) is 8.62. The van der Waals surface area contributed by atoms with E-state index < -0.39 is 6.85 Å². The molecule has 0 bridgehead atoms. The number of furan rings is 1. The molecule has 247 valence electrons. The van der Waals surface area contributed by atoms with E-state index >= 15 is 0 Å². The molecule has 5 nitrogen and oxygen atoms in total. The number of rotatable bonds is 5. The molecule has 8 aromatic rings. The fraction of sp³-hybridized carbons (Fsp3) is 0.186. The van der Waals surface area contributed by atoms with Crippen molar-refractivity contribution in [1.29, 1.82) is 0 Å². The van der Waals surface area contributed by atoms with Crippen molar-refractivity contribution in [3.05, 3.63) is 144 Å². The van der Waals surface area contributed by atoms with E-state index in [1.54, 1.807) is 18.2 Å². The van der Waals surface area contributed by atoms with Gasteiger partial charge in [-0.15, -0.1) is 54.1 Å². The van der Waals surface area contributed by atoms with Gasteiger partial charge >= 0.3 is 0 Å². The Morgan fingerprint density at radius 2 is 1.55 bits per heavy atom. The van der Waals surface area contributed by atoms with Crippen LogP contribution in [0.4, 0.5) is 0 Å². The van der Waals surface area contributed by atoms with Crippen LogP contribution < -0.4 is 0 Å². The van der Waals surface area contributed by atoms with Crippen molar-refractivity contribution in [2.45, 2.75) is 53.3 Å². The maximum atomic E-state index is 7.23. The van der Waals surface area contributed by atoms with E-state index in [4.69, 9.17) is 13.5 Å². The van der Waals surface area contributed by atoms with Gasteiger partial charge in [-0.3, -0.25) is 9.97 Å². The second-order valence-corrected chi connectivity index (χ2v) is 12.5. The number of aromatic nitrogens is 4. The number of fused-ring (bicyclic) bond motifs is 4. The van der Waals surface area contributed by atoms with E-state index in [0.29, 0.717) is 11.8 Å². The van der Waals surface area contributed by atoms with Crippen LogP contribution in [0.5, 0.6) is 0 Å². The van der Waals surface area contributed by atoms with Crippen LogP contribution in [0.25, 0.3) is 61.3 Å². The summed E-state index contributed by atoms with van der Waals surface area (Å²) in [5, 5.41) is 2.17. The molecule has 6 heteroatoms. The summed E-state index contributed by atoms with van der Waals surface area (Å²) in [6, 6.07) is 38.1. The minimum atomic E-state index is -2.09. The second kappa shape index (κ2) is 14.3. The van der Waals surface area contributed by atoms with Crippen LogP contribution in [0.1, 0.15) is 66.0 Å². The zero-order chi connectivity index (χ0) is 35.9. The van der Waals surface area contributed by atoms with Gasteiger partial charge in [-0.05, 0) is 60.1 Å². The van der Waals surface area contributed by atoms with Gasteiger partial charge in [0.25, 0.3) is 0 Å². The van der Waals surface area contributed by atoms with E-state index in [1.165, 1.54) is 23.0 Å². The first-order chi connectivity index (χ1) is 24.5. The first-order valence-electron chi connectivity index (χ1n) is 17.8. The molecular formula is C43H38IrN4O-2. The van der Waals surface area contributed by atoms with Gasteiger partial charge in [-0.2, -0.15) is 0 Å². The molecule has 0 saturated carbocycles. The third-order valence-electron chi connectivity index (χ3n) is 8.62. The van der Waals surface area contributed by atoms with Gasteiger partial charge in [-0.25, -0.2) is 0 Å². The number of benzene rings is 4. The molecule has 0 saturated heterocycles. The summed E-state index contributed by atoms with van der Waals surface area (Å²) < 4.78 is 30.4. The van der Waals surface area contributed by atoms with Gasteiger partial charge in [0.1, 0.15) is 5.58 Å². The number of aryl methyl sites for hydroxylation is 2. The molecule has 0 spiro atoms. The smallest absolute Gasteiger partial charge is 0.120 e. The number of imidazole rings is 1. The normalized spacial score (nSPS) is 12.4. The fourth-order valence-electron chi connectivity index (χ4n) is 6.30. The number of pyridine rings is 2. The number of hydrogen-bond donors (Lipinski definition) is 0. The Morgan fingerprint density at radius 1 is 0.776 bits per heavy atom. The summed E-state index contributed by atoms with van der Waals surface area (Å²) in [6.07, 6.45) is 3.23. The molecule has 1 radical (unpaired) electrons. The Morgan fingerprint density at radius 3 is 2.24 bits per heavy atom. The summed E-state index contributed by atoms with van der Waals surface area (Å²) in [4.78, 5) is 13.9. The van der Waals surface area contributed by atoms with Crippen molar-refractivity contribution < 1.29 is 28.6 Å². The van der Waals surface area contributed by atoms with Crippen LogP contribution in [0, 0.1) is 25.9 Å². The topological polar surface area (TPSA) is 56.7 Å². The van der Waals surface area contributed by atoms with Crippen LogP contribution in [-0.4, -0.2) is 19.5 Å². The van der Waals surface area contributed by atoms with E-state index in [2.05, 4.69) is 91.6 Å². The van der Waals surface area contributed by atoms with Gasteiger partial charge in [0, 0.05) is 47.7 Å². The van der Waals surface area contributed by atoms with Crippen LogP contribution in [0.3, 0.4) is 0 Å². The monoisotopic (exact) mass is 822 g/mol. The average molecular weight is 822 g/mol. The Kier molecular flexibility index (Phi) is 8.80. The molecule has 0 aliphatic heterocycles. The fourth-order valence-corrected chi connectivity index (χ4v) is 6.30. The second-order valence-electron chi connectivity index (χ2n) is 12.5. The van der Waals surface area contributed by atoms with E-state index in [9.17, 15) is 0 Å². The Hall–Kier alpha value is -4.90. The van der Waals surface area contributed by atoms with Gasteiger partial charge in [0.05, 0.1) is 28.1 Å². The molecule has 4 aromatic heterocycles. The van der Waals surface area contributed by atoms with E-state index in [1.807, 2.05) is 54.7 Å². The quantitative estimate of drug-likeness (QED) is 0.162. The molecular weight excluding hydrogens is 781 g/mol. The van der Waals surface area contributed by atoms with Gasteiger partial charge in [-0.1, -0.05) is 87.2 Å². The molecule has 4 heterocycles. The van der Waals surface area contributed by atoms with Crippen LogP contribution in [0.2, 0.25) is 0 Å². The minimum absolute atomic E-state index is 0. The van der Waals surface area contributed by atoms with Gasteiger partial charge in [0.15, 0.2) is 0 Å². The van der Waals surface area contributed by atoms with Crippen LogP contribution in [0.15, 0.2) is 114 Å². The van der Waals surface area contributed by atoms with Crippen molar-refractivity contribution in [2.24, 2.45) is 0 Å². The van der Waals surface area contributed by atoms with Crippen molar-refractivity contribution in [3.63, 3.8) is 0 Å². The van der Waals surface area contributed by atoms with E-state index in [0.717, 1.165) is 61.3 Å². The Balaban J connectivity index is 0.000000230. The Bertz CT molecular complexity index is 2460. The standard InChI is InChI=1S/C31H28N3O.C12H10N.Ir/c1-18(2)21-11-8-12-22(19(3)4)29(21)34-28-20(5)32-17-16-26(28)33-31(34)25-14-9-13-24-23-10-6-7-15-27(23)35-30(24)25;1-10-7-8-12(13-9-10)11-5-3-2-4-6-11;/h6-13,15-19H,1-5H3;2-5,7-9H,1H3;/q2*-1;/i;1D3;. The first-order valence-corrected chi connectivity index (χ1v) is 16.3. The largest absolute Gasteiger partial charge is 0.501 e. The third kappa shape index (κ3) is 6.47. The van der Waals surface area contributed by atoms with Crippen LogP contribution in [-0.2, 0) is 20.1 Å². The van der Waals surface area contributed by atoms with Crippen molar-refractivity contribution >= 4 is 33.0 Å².